The van der Waals surface area contributed by atoms with Crippen LogP contribution in [0.25, 0.3) is 11.3 Å². The number of nitrogens with one attached hydrogen (secondary N) is 1. The third kappa shape index (κ3) is 3.85. The van der Waals surface area contributed by atoms with E-state index in [4.69, 9.17) is 0 Å². The van der Waals surface area contributed by atoms with Crippen LogP contribution in [0.5, 0.6) is 0 Å². The molecule has 0 atom stereocenters. The summed E-state index contributed by atoms with van der Waals surface area (Å²) in [6.45, 7) is 1.99. The Balaban J connectivity index is 1.83. The summed E-state index contributed by atoms with van der Waals surface area (Å²) in [5.41, 5.74) is 2.38. The van der Waals surface area contributed by atoms with Crippen molar-refractivity contribution in [1.29, 1.82) is 0 Å². The van der Waals surface area contributed by atoms with E-state index < -0.39 is 0 Å². The molecule has 4 nitrogen and oxygen atoms in total. The second-order valence-corrected chi connectivity index (χ2v) is 7.81. The first-order chi connectivity index (χ1) is 11.0. The van der Waals surface area contributed by atoms with Crippen molar-refractivity contribution in [3.8, 4) is 11.3 Å². The molecule has 0 aliphatic heterocycles. The first-order valence-corrected chi connectivity index (χ1v) is 9.08. The maximum Gasteiger partial charge on any atom is 0.259 e. The average Bonchev–Trinajstić information content (AvgIpc) is 2.88. The number of pyridine rings is 1. The number of aromatic nitrogens is 2. The highest BCUT2D eigenvalue weighted by atomic mass is 79.9. The molecule has 23 heavy (non-hydrogen) atoms. The molecule has 0 saturated heterocycles. The van der Waals surface area contributed by atoms with Crippen LogP contribution in [0.4, 0.5) is 5.13 Å². The van der Waals surface area contributed by atoms with Gasteiger partial charge in [0.15, 0.2) is 5.13 Å². The number of nitrogens with zero attached hydrogens (tertiary/aromatic N) is 2. The van der Waals surface area contributed by atoms with Crippen LogP contribution >= 0.6 is 43.2 Å². The molecule has 2 heterocycles. The summed E-state index contributed by atoms with van der Waals surface area (Å²) in [6.07, 6.45) is 3.16. The van der Waals surface area contributed by atoms with Gasteiger partial charge in [-0.15, -0.1) is 11.3 Å². The van der Waals surface area contributed by atoms with E-state index in [0.717, 1.165) is 25.1 Å². The van der Waals surface area contributed by atoms with E-state index >= 15 is 0 Å². The van der Waals surface area contributed by atoms with E-state index in [1.165, 1.54) is 17.5 Å². The Hall–Kier alpha value is -1.57. The van der Waals surface area contributed by atoms with Gasteiger partial charge in [0.25, 0.3) is 5.91 Å². The van der Waals surface area contributed by atoms with Crippen LogP contribution < -0.4 is 5.32 Å². The minimum absolute atomic E-state index is 0.227. The second kappa shape index (κ2) is 6.90. The summed E-state index contributed by atoms with van der Waals surface area (Å²) in [5.74, 6) is -0.227. The molecule has 0 spiro atoms. The van der Waals surface area contributed by atoms with E-state index in [1.54, 1.807) is 12.3 Å². The van der Waals surface area contributed by atoms with E-state index in [2.05, 4.69) is 47.1 Å². The highest BCUT2D eigenvalue weighted by Crippen LogP contribution is 2.31. The number of rotatable bonds is 3. The van der Waals surface area contributed by atoms with Crippen molar-refractivity contribution in [1.82, 2.24) is 9.97 Å². The number of hydrogen-bond donors (Lipinski definition) is 1. The summed E-state index contributed by atoms with van der Waals surface area (Å²) in [7, 11) is 0. The molecule has 3 aromatic rings. The van der Waals surface area contributed by atoms with Crippen LogP contribution in [-0.4, -0.2) is 15.9 Å². The summed E-state index contributed by atoms with van der Waals surface area (Å²) < 4.78 is 1.78. The Labute approximate surface area is 154 Å². The van der Waals surface area contributed by atoms with Gasteiger partial charge in [0.05, 0.1) is 11.3 Å². The third-order valence-electron chi connectivity index (χ3n) is 3.10. The molecular weight excluding hydrogens is 442 g/mol. The Morgan fingerprint density at radius 3 is 2.57 bits per heavy atom. The van der Waals surface area contributed by atoms with Crippen LogP contribution in [0.2, 0.25) is 0 Å². The summed E-state index contributed by atoms with van der Waals surface area (Å²) in [6, 6.07) is 9.66. The van der Waals surface area contributed by atoms with E-state index in [1.807, 2.05) is 31.2 Å². The lowest BCUT2D eigenvalue weighted by Crippen LogP contribution is -2.11. The molecule has 0 aliphatic rings. The minimum Gasteiger partial charge on any atom is -0.298 e. The highest BCUT2D eigenvalue weighted by molar-refractivity contribution is 9.10. The Bertz CT molecular complexity index is 862. The van der Waals surface area contributed by atoms with Gasteiger partial charge in [0.1, 0.15) is 0 Å². The molecule has 0 saturated carbocycles. The van der Waals surface area contributed by atoms with Crippen molar-refractivity contribution in [3.63, 3.8) is 0 Å². The normalized spacial score (nSPS) is 10.6. The van der Waals surface area contributed by atoms with Gasteiger partial charge in [-0.1, -0.05) is 28.1 Å². The number of aryl methyl sites for hydroxylation is 1. The molecule has 116 valence electrons. The summed E-state index contributed by atoms with van der Waals surface area (Å²) in [5, 5.41) is 3.40. The van der Waals surface area contributed by atoms with Gasteiger partial charge in [-0.25, -0.2) is 4.98 Å². The quantitative estimate of drug-likeness (QED) is 0.587. The highest BCUT2D eigenvalue weighted by Gasteiger charge is 2.13. The predicted octanol–water partition coefficient (Wildman–Crippen LogP) is 5.29. The monoisotopic (exact) mass is 451 g/mol. The van der Waals surface area contributed by atoms with Crippen LogP contribution in [0.15, 0.2) is 51.7 Å². The van der Waals surface area contributed by atoms with Gasteiger partial charge in [0.2, 0.25) is 0 Å². The molecule has 0 unspecified atom stereocenters. The Morgan fingerprint density at radius 2 is 1.87 bits per heavy atom. The van der Waals surface area contributed by atoms with E-state index in [-0.39, 0.29) is 5.91 Å². The predicted molar refractivity (Wildman–Crippen MR) is 99.9 cm³/mol. The SMILES string of the molecule is Cc1sc(NC(=O)c2cncc(Br)c2)nc1-c1ccc(Br)cc1. The number of thiazole rings is 1. The van der Waals surface area contributed by atoms with Gasteiger partial charge >= 0.3 is 0 Å². The smallest absolute Gasteiger partial charge is 0.259 e. The van der Waals surface area contributed by atoms with E-state index in [0.29, 0.717) is 10.7 Å². The summed E-state index contributed by atoms with van der Waals surface area (Å²) >= 11 is 8.18. The first kappa shape index (κ1) is 16.3. The number of carbonyl (C=O) groups excluding carboxylic acids is 1. The molecule has 2 aromatic heterocycles. The molecule has 0 radical (unpaired) electrons. The fourth-order valence-electron chi connectivity index (χ4n) is 2.03. The van der Waals surface area contributed by atoms with E-state index in [9.17, 15) is 4.79 Å². The van der Waals surface area contributed by atoms with Crippen molar-refractivity contribution in [2.24, 2.45) is 0 Å². The lowest BCUT2D eigenvalue weighted by molar-refractivity contribution is 0.102. The number of carbonyl (C=O) groups is 1. The maximum absolute atomic E-state index is 12.3. The minimum atomic E-state index is -0.227. The Morgan fingerprint density at radius 1 is 1.13 bits per heavy atom. The van der Waals surface area contributed by atoms with Crippen molar-refractivity contribution in [2.75, 3.05) is 5.32 Å². The van der Waals surface area contributed by atoms with Crippen molar-refractivity contribution >= 4 is 54.2 Å². The molecule has 1 aromatic carbocycles. The number of anilines is 1. The number of halogens is 2. The van der Waals surface area contributed by atoms with Gasteiger partial charge in [-0.2, -0.15) is 0 Å². The zero-order valence-corrected chi connectivity index (χ0v) is 16.0. The van der Waals surface area contributed by atoms with Crippen molar-refractivity contribution in [2.45, 2.75) is 6.92 Å². The van der Waals surface area contributed by atoms with Crippen LogP contribution in [0.3, 0.4) is 0 Å². The number of hydrogen-bond acceptors (Lipinski definition) is 4. The fourth-order valence-corrected chi connectivity index (χ4v) is 3.49. The first-order valence-electron chi connectivity index (χ1n) is 6.68. The zero-order chi connectivity index (χ0) is 16.4. The molecule has 3 rings (SSSR count). The Kier molecular flexibility index (Phi) is 4.89. The molecule has 7 heteroatoms. The van der Waals surface area contributed by atoms with Crippen LogP contribution in [0.1, 0.15) is 15.2 Å². The number of amides is 1. The topological polar surface area (TPSA) is 54.9 Å². The zero-order valence-electron chi connectivity index (χ0n) is 12.0. The number of benzene rings is 1. The fraction of sp³-hybridized carbons (Fsp3) is 0.0625. The lowest BCUT2D eigenvalue weighted by Gasteiger charge is -2.01. The maximum atomic E-state index is 12.3. The molecule has 0 bridgehead atoms. The van der Waals surface area contributed by atoms with Gasteiger partial charge in [-0.05, 0) is 41.1 Å². The van der Waals surface area contributed by atoms with Crippen molar-refractivity contribution in [3.05, 3.63) is 62.1 Å². The van der Waals surface area contributed by atoms with Crippen LogP contribution in [0, 0.1) is 6.92 Å². The second-order valence-electron chi connectivity index (χ2n) is 4.78. The van der Waals surface area contributed by atoms with Gasteiger partial charge in [0, 0.05) is 31.8 Å². The molecule has 1 N–H and O–H groups in total. The lowest BCUT2D eigenvalue weighted by atomic mass is 10.1. The van der Waals surface area contributed by atoms with Crippen LogP contribution in [-0.2, 0) is 0 Å². The molecule has 0 aliphatic carbocycles. The molecular formula is C16H11Br2N3OS. The van der Waals surface area contributed by atoms with Gasteiger partial charge < -0.3 is 0 Å². The largest absolute Gasteiger partial charge is 0.298 e. The summed E-state index contributed by atoms with van der Waals surface area (Å²) in [4.78, 5) is 21.8. The van der Waals surface area contributed by atoms with Gasteiger partial charge in [-0.3, -0.25) is 15.1 Å². The molecule has 0 fully saturated rings. The van der Waals surface area contributed by atoms with Crippen molar-refractivity contribution < 1.29 is 4.79 Å². The average molecular weight is 453 g/mol. The molecule has 1 amide bonds. The standard InChI is InChI=1S/C16H11Br2N3OS/c1-9-14(10-2-4-12(17)5-3-10)20-16(23-9)21-15(22)11-6-13(18)8-19-7-11/h2-8H,1H3,(H,20,21,22). The third-order valence-corrected chi connectivity index (χ3v) is 4.95.